The topological polar surface area (TPSA) is 98.5 Å². The largest absolute Gasteiger partial charge is 0.452 e. The van der Waals surface area contributed by atoms with E-state index in [1.807, 2.05) is 0 Å². The van der Waals surface area contributed by atoms with Crippen molar-refractivity contribution in [2.45, 2.75) is 19.9 Å². The number of nitro benzene ring substituents is 1. The Morgan fingerprint density at radius 3 is 2.56 bits per heavy atom. The number of ether oxygens (including phenoxy) is 1. The Labute approximate surface area is 165 Å². The lowest BCUT2D eigenvalue weighted by Crippen LogP contribution is -2.31. The fourth-order valence-corrected chi connectivity index (χ4v) is 2.71. The average molecular weight is 411 g/mol. The smallest absolute Gasteiger partial charge is 0.339 e. The Morgan fingerprint density at radius 1 is 1.22 bits per heavy atom. The monoisotopic (exact) mass is 410 g/mol. The van der Waals surface area contributed by atoms with E-state index in [1.54, 1.807) is 25.1 Å². The highest BCUT2D eigenvalue weighted by Crippen LogP contribution is 2.25. The number of esters is 1. The number of nitro groups is 1. The third-order valence-electron chi connectivity index (χ3n) is 3.88. The zero-order valence-electron chi connectivity index (χ0n) is 14.5. The van der Waals surface area contributed by atoms with Gasteiger partial charge in [-0.3, -0.25) is 14.9 Å². The van der Waals surface area contributed by atoms with E-state index in [1.165, 1.54) is 25.1 Å². The maximum absolute atomic E-state index is 12.1. The van der Waals surface area contributed by atoms with Gasteiger partial charge in [0.05, 0.1) is 26.6 Å². The van der Waals surface area contributed by atoms with E-state index in [2.05, 4.69) is 5.32 Å². The minimum atomic E-state index is -0.812. The summed E-state index contributed by atoms with van der Waals surface area (Å²) < 4.78 is 4.96. The minimum Gasteiger partial charge on any atom is -0.452 e. The summed E-state index contributed by atoms with van der Waals surface area (Å²) in [6, 6.07) is 8.66. The lowest BCUT2D eigenvalue weighted by molar-refractivity contribution is -0.385. The third-order valence-corrected chi connectivity index (χ3v) is 4.62. The number of nitrogens with zero attached hydrogens (tertiary/aromatic N) is 1. The van der Waals surface area contributed by atoms with Crippen LogP contribution < -0.4 is 5.32 Å². The van der Waals surface area contributed by atoms with Crippen LogP contribution in [0.1, 0.15) is 34.5 Å². The van der Waals surface area contributed by atoms with Crippen LogP contribution in [0.15, 0.2) is 36.4 Å². The molecule has 0 bridgehead atoms. The number of halogens is 2. The lowest BCUT2D eigenvalue weighted by atomic mass is 10.1. The first kappa shape index (κ1) is 20.7. The molecule has 9 heteroatoms. The average Bonchev–Trinajstić information content (AvgIpc) is 2.61. The number of hydrogen-bond donors (Lipinski definition) is 1. The molecule has 2 aromatic carbocycles. The Balaban J connectivity index is 1.97. The van der Waals surface area contributed by atoms with Gasteiger partial charge in [0.15, 0.2) is 6.61 Å². The molecule has 0 radical (unpaired) electrons. The molecule has 0 aromatic heterocycles. The van der Waals surface area contributed by atoms with Crippen LogP contribution in [0, 0.1) is 17.0 Å². The molecule has 7 nitrogen and oxygen atoms in total. The molecule has 0 aliphatic carbocycles. The number of amides is 1. The molecule has 0 unspecified atom stereocenters. The van der Waals surface area contributed by atoms with E-state index in [4.69, 9.17) is 27.9 Å². The molecule has 27 heavy (non-hydrogen) atoms. The van der Waals surface area contributed by atoms with Crippen molar-refractivity contribution < 1.29 is 19.2 Å². The first-order valence-electron chi connectivity index (χ1n) is 7.86. The predicted octanol–water partition coefficient (Wildman–Crippen LogP) is 4.24. The fourth-order valence-electron chi connectivity index (χ4n) is 2.40. The second-order valence-corrected chi connectivity index (χ2v) is 6.56. The van der Waals surface area contributed by atoms with Crippen molar-refractivity contribution in [3.63, 3.8) is 0 Å². The van der Waals surface area contributed by atoms with Gasteiger partial charge in [0.2, 0.25) is 0 Å². The highest BCUT2D eigenvalue weighted by molar-refractivity contribution is 6.42. The molecule has 0 spiro atoms. The number of nitrogens with one attached hydrogen (secondary N) is 1. The molecule has 0 heterocycles. The van der Waals surface area contributed by atoms with Crippen LogP contribution in [0.4, 0.5) is 5.69 Å². The predicted molar refractivity (Wildman–Crippen MR) is 101 cm³/mol. The van der Waals surface area contributed by atoms with E-state index < -0.39 is 23.4 Å². The van der Waals surface area contributed by atoms with Crippen LogP contribution in [0.3, 0.4) is 0 Å². The Morgan fingerprint density at radius 2 is 1.93 bits per heavy atom. The van der Waals surface area contributed by atoms with E-state index >= 15 is 0 Å². The number of hydrogen-bond acceptors (Lipinski definition) is 5. The summed E-state index contributed by atoms with van der Waals surface area (Å²) in [6.07, 6.45) is 0. The van der Waals surface area contributed by atoms with Gasteiger partial charge in [-0.1, -0.05) is 35.3 Å². The second kappa shape index (κ2) is 8.83. The zero-order chi connectivity index (χ0) is 20.1. The van der Waals surface area contributed by atoms with E-state index in [0.717, 1.165) is 5.56 Å². The Hall–Kier alpha value is -2.64. The van der Waals surface area contributed by atoms with E-state index in [-0.39, 0.29) is 22.9 Å². The molecule has 1 atom stereocenters. The molecule has 2 aromatic rings. The van der Waals surface area contributed by atoms with Gasteiger partial charge in [-0.05, 0) is 37.6 Å². The Kier molecular flexibility index (Phi) is 6.76. The van der Waals surface area contributed by atoms with Crippen molar-refractivity contribution in [2.24, 2.45) is 0 Å². The first-order chi connectivity index (χ1) is 12.7. The van der Waals surface area contributed by atoms with Crippen LogP contribution >= 0.6 is 23.2 Å². The molecule has 2 rings (SSSR count). The summed E-state index contributed by atoms with van der Waals surface area (Å²) in [5, 5.41) is 14.4. The first-order valence-corrected chi connectivity index (χ1v) is 8.61. The van der Waals surface area contributed by atoms with Gasteiger partial charge in [0.1, 0.15) is 0 Å². The number of benzene rings is 2. The van der Waals surface area contributed by atoms with Crippen LogP contribution in [0.25, 0.3) is 0 Å². The SMILES string of the molecule is Cc1c(C(=O)OCC(=O)N[C@H](C)c2ccc(Cl)c(Cl)c2)cccc1[N+](=O)[O-]. The van der Waals surface area contributed by atoms with E-state index in [0.29, 0.717) is 10.0 Å². The maximum Gasteiger partial charge on any atom is 0.339 e. The number of carbonyl (C=O) groups excluding carboxylic acids is 2. The second-order valence-electron chi connectivity index (χ2n) is 5.75. The lowest BCUT2D eigenvalue weighted by Gasteiger charge is -2.15. The van der Waals surface area contributed by atoms with Crippen molar-refractivity contribution in [1.29, 1.82) is 0 Å². The molecule has 0 aliphatic rings. The summed E-state index contributed by atoms with van der Waals surface area (Å²) in [6.45, 7) is 2.66. The van der Waals surface area contributed by atoms with Crippen molar-refractivity contribution in [2.75, 3.05) is 6.61 Å². The molecular formula is C18H16Cl2N2O5. The molecule has 0 saturated carbocycles. The summed E-state index contributed by atoms with van der Waals surface area (Å²) in [4.78, 5) is 34.5. The fraction of sp³-hybridized carbons (Fsp3) is 0.222. The third kappa shape index (κ3) is 5.18. The quantitative estimate of drug-likeness (QED) is 0.436. The summed E-state index contributed by atoms with van der Waals surface area (Å²) in [7, 11) is 0. The Bertz CT molecular complexity index is 901. The van der Waals surface area contributed by atoms with Crippen LogP contribution in [-0.4, -0.2) is 23.4 Å². The molecular weight excluding hydrogens is 395 g/mol. The van der Waals surface area contributed by atoms with Gasteiger partial charge in [0.25, 0.3) is 11.6 Å². The van der Waals surface area contributed by atoms with Gasteiger partial charge in [-0.25, -0.2) is 4.79 Å². The van der Waals surface area contributed by atoms with Crippen LogP contribution in [0.5, 0.6) is 0 Å². The van der Waals surface area contributed by atoms with Crippen molar-refractivity contribution >= 4 is 40.8 Å². The highest BCUT2D eigenvalue weighted by atomic mass is 35.5. The van der Waals surface area contributed by atoms with Crippen LogP contribution in [0.2, 0.25) is 10.0 Å². The molecule has 0 saturated heterocycles. The van der Waals surface area contributed by atoms with Crippen LogP contribution in [-0.2, 0) is 9.53 Å². The highest BCUT2D eigenvalue weighted by Gasteiger charge is 2.20. The number of rotatable bonds is 6. The van der Waals surface area contributed by atoms with Gasteiger partial charge < -0.3 is 10.1 Å². The van der Waals surface area contributed by atoms with Crippen molar-refractivity contribution in [1.82, 2.24) is 5.32 Å². The number of carbonyl (C=O) groups is 2. The standard InChI is InChI=1S/C18H16Cl2N2O5/c1-10-13(4-3-5-16(10)22(25)26)18(24)27-9-17(23)21-11(2)12-6-7-14(19)15(20)8-12/h3-8,11H,9H2,1-2H3,(H,21,23)/t11-/m1/s1. The minimum absolute atomic E-state index is 0.0366. The molecule has 142 valence electrons. The van der Waals surface area contributed by atoms with Crippen molar-refractivity contribution in [3.05, 3.63) is 73.2 Å². The normalized spacial score (nSPS) is 11.6. The van der Waals surface area contributed by atoms with Gasteiger partial charge in [0, 0.05) is 11.6 Å². The molecule has 0 aliphatic heterocycles. The van der Waals surface area contributed by atoms with Gasteiger partial charge >= 0.3 is 5.97 Å². The molecule has 1 N–H and O–H groups in total. The summed E-state index contributed by atoms with van der Waals surface area (Å²) in [5.41, 5.74) is 0.757. The van der Waals surface area contributed by atoms with Gasteiger partial charge in [-0.2, -0.15) is 0 Å². The van der Waals surface area contributed by atoms with Gasteiger partial charge in [-0.15, -0.1) is 0 Å². The molecule has 1 amide bonds. The van der Waals surface area contributed by atoms with E-state index in [9.17, 15) is 19.7 Å². The summed E-state index contributed by atoms with van der Waals surface area (Å²) >= 11 is 11.8. The summed E-state index contributed by atoms with van der Waals surface area (Å²) in [5.74, 6) is -1.33. The zero-order valence-corrected chi connectivity index (χ0v) is 16.0. The maximum atomic E-state index is 12.1. The molecule has 0 fully saturated rings. The van der Waals surface area contributed by atoms with Crippen molar-refractivity contribution in [3.8, 4) is 0 Å².